The van der Waals surface area contributed by atoms with Crippen molar-refractivity contribution < 1.29 is 14.7 Å². The molecule has 2 amide bonds. The lowest BCUT2D eigenvalue weighted by Crippen LogP contribution is -2.35. The number of hydrogen-bond acceptors (Lipinski definition) is 2. The molecule has 0 bridgehead atoms. The Balaban J connectivity index is 3.01. The zero-order chi connectivity index (χ0) is 15.3. The highest BCUT2D eigenvalue weighted by Gasteiger charge is 2.16. The first-order valence-electron chi connectivity index (χ1n) is 5.79. The molecule has 0 fully saturated rings. The molecule has 20 heavy (non-hydrogen) atoms. The first kappa shape index (κ1) is 16.3. The third-order valence-corrected chi connectivity index (χ3v) is 3.14. The summed E-state index contributed by atoms with van der Waals surface area (Å²) < 4.78 is 0. The van der Waals surface area contributed by atoms with Gasteiger partial charge in [-0.05, 0) is 19.1 Å². The van der Waals surface area contributed by atoms with E-state index in [0.717, 1.165) is 0 Å². The van der Waals surface area contributed by atoms with Gasteiger partial charge in [-0.3, -0.25) is 0 Å². The van der Waals surface area contributed by atoms with Gasteiger partial charge in [0.1, 0.15) is 0 Å². The highest BCUT2D eigenvalue weighted by molar-refractivity contribution is 6.40. The fourth-order valence-corrected chi connectivity index (χ4v) is 2.10. The number of anilines is 1. The second-order valence-corrected chi connectivity index (χ2v) is 4.69. The number of likely N-dealkylation sites (N-methyl/N-ethyl adjacent to an activating group) is 1. The number of aromatic carboxylic acids is 1. The van der Waals surface area contributed by atoms with Gasteiger partial charge in [0.2, 0.25) is 0 Å². The van der Waals surface area contributed by atoms with E-state index >= 15 is 0 Å². The molecule has 0 radical (unpaired) electrons. The standard InChI is InChI=1S/C13H14Cl2N2O3/c1-3-5-17(4-2)13(20)16-11-9(14)6-8(12(18)19)7-10(11)15/h3,6-7H,1,4-5H2,2H3,(H,16,20)(H,18,19). The third-order valence-electron chi connectivity index (χ3n) is 2.54. The van der Waals surface area contributed by atoms with Crippen LogP contribution < -0.4 is 5.32 Å². The number of halogens is 2. The molecule has 0 aliphatic rings. The first-order chi connectivity index (χ1) is 9.40. The van der Waals surface area contributed by atoms with E-state index in [-0.39, 0.29) is 27.3 Å². The van der Waals surface area contributed by atoms with Crippen molar-refractivity contribution in [3.05, 3.63) is 40.4 Å². The van der Waals surface area contributed by atoms with Crippen LogP contribution in [0.25, 0.3) is 0 Å². The van der Waals surface area contributed by atoms with Crippen LogP contribution in [0.5, 0.6) is 0 Å². The summed E-state index contributed by atoms with van der Waals surface area (Å²) in [6.45, 7) is 6.25. The van der Waals surface area contributed by atoms with Crippen LogP contribution in [-0.4, -0.2) is 35.1 Å². The summed E-state index contributed by atoms with van der Waals surface area (Å²) in [6.07, 6.45) is 1.60. The molecule has 0 heterocycles. The Kier molecular flexibility index (Phi) is 5.85. The number of carboxylic acid groups (broad SMARTS) is 1. The van der Waals surface area contributed by atoms with Crippen molar-refractivity contribution in [2.24, 2.45) is 0 Å². The number of nitrogens with one attached hydrogen (secondary N) is 1. The van der Waals surface area contributed by atoms with Gasteiger partial charge in [-0.2, -0.15) is 0 Å². The number of amides is 2. The van der Waals surface area contributed by atoms with Crippen LogP contribution in [0.4, 0.5) is 10.5 Å². The number of carboxylic acids is 1. The lowest BCUT2D eigenvalue weighted by molar-refractivity contribution is 0.0697. The molecule has 2 N–H and O–H groups in total. The number of nitrogens with zero attached hydrogens (tertiary/aromatic N) is 1. The van der Waals surface area contributed by atoms with E-state index in [4.69, 9.17) is 28.3 Å². The molecule has 0 saturated carbocycles. The van der Waals surface area contributed by atoms with Gasteiger partial charge in [-0.1, -0.05) is 29.3 Å². The van der Waals surface area contributed by atoms with Crippen LogP contribution in [0.1, 0.15) is 17.3 Å². The number of carbonyl (C=O) groups excluding carboxylic acids is 1. The van der Waals surface area contributed by atoms with Crippen LogP contribution in [0.2, 0.25) is 10.0 Å². The molecule has 5 nitrogen and oxygen atoms in total. The fourth-order valence-electron chi connectivity index (χ4n) is 1.51. The van der Waals surface area contributed by atoms with E-state index in [1.54, 1.807) is 6.08 Å². The summed E-state index contributed by atoms with van der Waals surface area (Å²) in [4.78, 5) is 24.3. The van der Waals surface area contributed by atoms with Gasteiger partial charge < -0.3 is 15.3 Å². The second kappa shape index (κ2) is 7.17. The molecule has 7 heteroatoms. The van der Waals surface area contributed by atoms with Gasteiger partial charge >= 0.3 is 12.0 Å². The quantitative estimate of drug-likeness (QED) is 0.813. The minimum atomic E-state index is -1.14. The molecule has 0 aromatic heterocycles. The molecular formula is C13H14Cl2N2O3. The van der Waals surface area contributed by atoms with E-state index in [1.165, 1.54) is 17.0 Å². The molecule has 0 aliphatic carbocycles. The first-order valence-corrected chi connectivity index (χ1v) is 6.55. The number of benzene rings is 1. The lowest BCUT2D eigenvalue weighted by Gasteiger charge is -2.20. The topological polar surface area (TPSA) is 69.6 Å². The minimum absolute atomic E-state index is 0.0450. The predicted octanol–water partition coefficient (Wildman–Crippen LogP) is 3.73. The van der Waals surface area contributed by atoms with Gasteiger partial charge in [0.05, 0.1) is 21.3 Å². The average molecular weight is 317 g/mol. The maximum Gasteiger partial charge on any atom is 0.335 e. The van der Waals surface area contributed by atoms with E-state index in [0.29, 0.717) is 13.1 Å². The number of urea groups is 1. The van der Waals surface area contributed by atoms with Crippen LogP contribution in [0.15, 0.2) is 24.8 Å². The molecule has 0 atom stereocenters. The molecule has 1 aromatic rings. The van der Waals surface area contributed by atoms with Crippen molar-refractivity contribution >= 4 is 40.9 Å². The molecule has 1 aromatic carbocycles. The van der Waals surface area contributed by atoms with Crippen molar-refractivity contribution in [1.82, 2.24) is 4.90 Å². The second-order valence-electron chi connectivity index (χ2n) is 3.88. The fraction of sp³-hybridized carbons (Fsp3) is 0.231. The molecule has 0 aliphatic heterocycles. The Morgan fingerprint density at radius 3 is 2.35 bits per heavy atom. The largest absolute Gasteiger partial charge is 0.478 e. The van der Waals surface area contributed by atoms with E-state index in [2.05, 4.69) is 11.9 Å². The highest BCUT2D eigenvalue weighted by atomic mass is 35.5. The summed E-state index contributed by atoms with van der Waals surface area (Å²) in [6, 6.07) is 2.07. The predicted molar refractivity (Wildman–Crippen MR) is 79.9 cm³/mol. The zero-order valence-electron chi connectivity index (χ0n) is 10.8. The van der Waals surface area contributed by atoms with Crippen molar-refractivity contribution in [3.63, 3.8) is 0 Å². The minimum Gasteiger partial charge on any atom is -0.478 e. The van der Waals surface area contributed by atoms with Gasteiger partial charge in [0.25, 0.3) is 0 Å². The van der Waals surface area contributed by atoms with Crippen LogP contribution in [0, 0.1) is 0 Å². The monoisotopic (exact) mass is 316 g/mol. The summed E-state index contributed by atoms with van der Waals surface area (Å²) in [5.74, 6) is -1.14. The molecule has 0 spiro atoms. The van der Waals surface area contributed by atoms with Gasteiger partial charge in [-0.25, -0.2) is 9.59 Å². The Morgan fingerprint density at radius 2 is 1.95 bits per heavy atom. The summed E-state index contributed by atoms with van der Waals surface area (Å²) in [5.41, 5.74) is 0.141. The Morgan fingerprint density at radius 1 is 1.40 bits per heavy atom. The van der Waals surface area contributed by atoms with Gasteiger partial charge in [-0.15, -0.1) is 6.58 Å². The van der Waals surface area contributed by atoms with Gasteiger partial charge in [0, 0.05) is 13.1 Å². The SMILES string of the molecule is C=CCN(CC)C(=O)Nc1c(Cl)cc(C(=O)O)cc1Cl. The molecule has 0 unspecified atom stereocenters. The number of rotatable bonds is 5. The average Bonchev–Trinajstić information content (AvgIpc) is 2.39. The highest BCUT2D eigenvalue weighted by Crippen LogP contribution is 2.32. The Hall–Kier alpha value is -1.72. The van der Waals surface area contributed by atoms with E-state index < -0.39 is 5.97 Å². The van der Waals surface area contributed by atoms with Crippen LogP contribution >= 0.6 is 23.2 Å². The van der Waals surface area contributed by atoms with Crippen molar-refractivity contribution in [3.8, 4) is 0 Å². The van der Waals surface area contributed by atoms with E-state index in [9.17, 15) is 9.59 Å². The normalized spacial score (nSPS) is 9.95. The molecule has 108 valence electrons. The Bertz CT molecular complexity index is 523. The number of hydrogen-bond donors (Lipinski definition) is 2. The van der Waals surface area contributed by atoms with Gasteiger partial charge in [0.15, 0.2) is 0 Å². The third kappa shape index (κ3) is 3.88. The zero-order valence-corrected chi connectivity index (χ0v) is 12.3. The van der Waals surface area contributed by atoms with Crippen molar-refractivity contribution in [1.29, 1.82) is 0 Å². The number of carbonyl (C=O) groups is 2. The summed E-state index contributed by atoms with van der Waals surface area (Å²) >= 11 is 11.9. The van der Waals surface area contributed by atoms with E-state index in [1.807, 2.05) is 6.92 Å². The smallest absolute Gasteiger partial charge is 0.335 e. The molecule has 0 saturated heterocycles. The van der Waals surface area contributed by atoms with Crippen molar-refractivity contribution in [2.75, 3.05) is 18.4 Å². The van der Waals surface area contributed by atoms with Crippen LogP contribution in [0.3, 0.4) is 0 Å². The summed E-state index contributed by atoms with van der Waals surface area (Å²) in [7, 11) is 0. The Labute approximate surface area is 126 Å². The van der Waals surface area contributed by atoms with Crippen molar-refractivity contribution in [2.45, 2.75) is 6.92 Å². The maximum absolute atomic E-state index is 12.0. The molecular weight excluding hydrogens is 303 g/mol. The maximum atomic E-state index is 12.0. The molecule has 1 rings (SSSR count). The van der Waals surface area contributed by atoms with Crippen LogP contribution in [-0.2, 0) is 0 Å². The lowest BCUT2D eigenvalue weighted by atomic mass is 10.2. The summed E-state index contributed by atoms with van der Waals surface area (Å²) in [5, 5.41) is 11.6.